The zero-order chi connectivity index (χ0) is 23.9. The highest BCUT2D eigenvalue weighted by molar-refractivity contribution is 8.01. The Balaban J connectivity index is 1.58. The van der Waals surface area contributed by atoms with E-state index in [9.17, 15) is 14.0 Å². The minimum Gasteiger partial charge on any atom is -0.497 e. The lowest BCUT2D eigenvalue weighted by atomic mass is 10.0. The van der Waals surface area contributed by atoms with Gasteiger partial charge in [-0.25, -0.2) is 4.39 Å². The molecule has 34 heavy (non-hydrogen) atoms. The maximum absolute atomic E-state index is 14.1. The van der Waals surface area contributed by atoms with E-state index >= 15 is 0 Å². The van der Waals surface area contributed by atoms with Gasteiger partial charge in [0.05, 0.1) is 26.5 Å². The highest BCUT2D eigenvalue weighted by Crippen LogP contribution is 2.55. The fraction of sp³-hybridized carbons (Fsp3) is 0.231. The normalized spacial score (nSPS) is 19.0. The SMILES string of the molecule is COc1ccc(C(=O)N2CCS[C@]23C(=O)N(Cc2ccc(F)cc2)c2ccc(OC)cc23)cc1. The van der Waals surface area contributed by atoms with Crippen molar-refractivity contribution in [1.82, 2.24) is 4.90 Å². The summed E-state index contributed by atoms with van der Waals surface area (Å²) in [6, 6.07) is 18.5. The van der Waals surface area contributed by atoms with Crippen molar-refractivity contribution >= 4 is 29.3 Å². The van der Waals surface area contributed by atoms with Gasteiger partial charge >= 0.3 is 0 Å². The van der Waals surface area contributed by atoms with E-state index in [0.717, 1.165) is 16.8 Å². The molecule has 0 N–H and O–H groups in total. The van der Waals surface area contributed by atoms with Crippen molar-refractivity contribution in [2.45, 2.75) is 11.4 Å². The molecule has 0 aliphatic carbocycles. The third kappa shape index (κ3) is 3.49. The van der Waals surface area contributed by atoms with E-state index < -0.39 is 4.87 Å². The van der Waals surface area contributed by atoms with Gasteiger partial charge in [-0.1, -0.05) is 12.1 Å². The van der Waals surface area contributed by atoms with Crippen LogP contribution >= 0.6 is 11.8 Å². The lowest BCUT2D eigenvalue weighted by Gasteiger charge is -2.33. The van der Waals surface area contributed by atoms with Crippen LogP contribution in [0.15, 0.2) is 66.7 Å². The van der Waals surface area contributed by atoms with Crippen molar-refractivity contribution in [3.8, 4) is 11.5 Å². The number of nitrogens with zero attached hydrogens (tertiary/aromatic N) is 2. The average molecular weight is 479 g/mol. The summed E-state index contributed by atoms with van der Waals surface area (Å²) in [6.45, 7) is 0.702. The summed E-state index contributed by atoms with van der Waals surface area (Å²) in [5, 5.41) is 0. The molecule has 0 unspecified atom stereocenters. The van der Waals surface area contributed by atoms with Crippen LogP contribution < -0.4 is 14.4 Å². The van der Waals surface area contributed by atoms with E-state index in [2.05, 4.69) is 0 Å². The zero-order valence-corrected chi connectivity index (χ0v) is 19.6. The third-order valence-corrected chi connectivity index (χ3v) is 7.66. The first kappa shape index (κ1) is 22.3. The Morgan fingerprint density at radius 3 is 2.35 bits per heavy atom. The number of methoxy groups -OCH3 is 2. The predicted molar refractivity (Wildman–Crippen MR) is 129 cm³/mol. The van der Waals surface area contributed by atoms with Crippen LogP contribution in [0.1, 0.15) is 21.5 Å². The molecule has 1 fully saturated rings. The van der Waals surface area contributed by atoms with Crippen LogP contribution in [0.3, 0.4) is 0 Å². The number of ether oxygens (including phenoxy) is 2. The number of anilines is 1. The van der Waals surface area contributed by atoms with Gasteiger partial charge in [-0.3, -0.25) is 9.59 Å². The Morgan fingerprint density at radius 1 is 1.00 bits per heavy atom. The molecule has 0 bridgehead atoms. The number of thioether (sulfide) groups is 1. The molecular formula is C26H23FN2O4S. The first-order chi connectivity index (χ1) is 16.5. The molecule has 3 aromatic carbocycles. The summed E-state index contributed by atoms with van der Waals surface area (Å²) < 4.78 is 24.1. The van der Waals surface area contributed by atoms with Gasteiger partial charge in [0.15, 0.2) is 4.87 Å². The first-order valence-electron chi connectivity index (χ1n) is 10.8. The molecule has 8 heteroatoms. The Bertz CT molecular complexity index is 1250. The summed E-state index contributed by atoms with van der Waals surface area (Å²) >= 11 is 1.45. The standard InChI is InChI=1S/C26H23FN2O4S/c1-32-20-9-5-18(6-10-20)24(30)29-13-14-34-26(29)22-15-21(33-2)11-12-23(22)28(25(26)31)16-17-3-7-19(27)8-4-17/h3-12,15H,13-14,16H2,1-2H3/t26-/m1/s1. The van der Waals surface area contributed by atoms with Crippen LogP contribution in [0.2, 0.25) is 0 Å². The number of carbonyl (C=O) groups excluding carboxylic acids is 2. The van der Waals surface area contributed by atoms with Crippen LogP contribution in [-0.4, -0.2) is 43.2 Å². The molecule has 5 rings (SSSR count). The largest absolute Gasteiger partial charge is 0.497 e. The molecule has 2 heterocycles. The minimum absolute atomic E-state index is 0.190. The van der Waals surface area contributed by atoms with Gasteiger partial charge in [-0.15, -0.1) is 11.8 Å². The Labute approximate surface area is 201 Å². The minimum atomic E-state index is -1.19. The fourth-order valence-corrected chi connectivity index (χ4v) is 5.99. The van der Waals surface area contributed by atoms with E-state index in [1.165, 1.54) is 23.9 Å². The molecule has 6 nitrogen and oxygen atoms in total. The van der Waals surface area contributed by atoms with Crippen LogP contribution in [0.5, 0.6) is 11.5 Å². The van der Waals surface area contributed by atoms with Gasteiger partial charge in [0, 0.05) is 23.4 Å². The highest BCUT2D eigenvalue weighted by Gasteiger charge is 2.59. The second-order valence-corrected chi connectivity index (χ2v) is 9.37. The van der Waals surface area contributed by atoms with E-state index in [4.69, 9.17) is 9.47 Å². The van der Waals surface area contributed by atoms with Gasteiger partial charge < -0.3 is 19.3 Å². The highest BCUT2D eigenvalue weighted by atomic mass is 32.2. The predicted octanol–water partition coefficient (Wildman–Crippen LogP) is 4.43. The lowest BCUT2D eigenvalue weighted by Crippen LogP contribution is -2.50. The van der Waals surface area contributed by atoms with Gasteiger partial charge in [0.1, 0.15) is 17.3 Å². The number of benzene rings is 3. The number of carbonyl (C=O) groups is 2. The van der Waals surface area contributed by atoms with Crippen LogP contribution in [-0.2, 0) is 16.2 Å². The zero-order valence-electron chi connectivity index (χ0n) is 18.8. The smallest absolute Gasteiger partial charge is 0.268 e. The van der Waals surface area contributed by atoms with Gasteiger partial charge in [0.2, 0.25) is 0 Å². The summed E-state index contributed by atoms with van der Waals surface area (Å²) in [4.78, 5) is 29.9. The second-order valence-electron chi connectivity index (χ2n) is 8.08. The monoisotopic (exact) mass is 478 g/mol. The van der Waals surface area contributed by atoms with Crippen molar-refractivity contribution in [3.05, 3.63) is 89.2 Å². The molecule has 174 valence electrons. The van der Waals surface area contributed by atoms with Gasteiger partial charge in [-0.05, 0) is 60.2 Å². The van der Waals surface area contributed by atoms with Crippen molar-refractivity contribution in [2.75, 3.05) is 31.4 Å². The summed E-state index contributed by atoms with van der Waals surface area (Å²) in [7, 11) is 3.14. The molecule has 2 aliphatic heterocycles. The number of hydrogen-bond donors (Lipinski definition) is 0. The topological polar surface area (TPSA) is 59.1 Å². The molecule has 1 saturated heterocycles. The summed E-state index contributed by atoms with van der Waals surface area (Å²) in [5.74, 6) is 1.14. The second kappa shape index (κ2) is 8.68. The number of fused-ring (bicyclic) bond motifs is 2. The van der Waals surface area contributed by atoms with E-state index in [1.54, 1.807) is 66.5 Å². The molecule has 1 spiro atoms. The van der Waals surface area contributed by atoms with E-state index in [1.807, 2.05) is 12.1 Å². The van der Waals surface area contributed by atoms with Crippen molar-refractivity contribution in [1.29, 1.82) is 0 Å². The Morgan fingerprint density at radius 2 is 1.68 bits per heavy atom. The van der Waals surface area contributed by atoms with Crippen molar-refractivity contribution in [2.24, 2.45) is 0 Å². The van der Waals surface area contributed by atoms with Crippen LogP contribution in [0.4, 0.5) is 10.1 Å². The molecule has 0 radical (unpaired) electrons. The van der Waals surface area contributed by atoms with Crippen LogP contribution in [0, 0.1) is 5.82 Å². The Kier molecular flexibility index (Phi) is 5.69. The first-order valence-corrected chi connectivity index (χ1v) is 11.8. The molecular weight excluding hydrogens is 455 g/mol. The Hall–Kier alpha value is -3.52. The van der Waals surface area contributed by atoms with Crippen molar-refractivity contribution < 1.29 is 23.5 Å². The third-order valence-electron chi connectivity index (χ3n) is 6.24. The van der Waals surface area contributed by atoms with E-state index in [-0.39, 0.29) is 24.2 Å². The molecule has 2 aliphatic rings. The lowest BCUT2D eigenvalue weighted by molar-refractivity contribution is -0.123. The molecule has 2 amide bonds. The number of amides is 2. The average Bonchev–Trinajstić information content (AvgIpc) is 3.41. The molecule has 1 atom stereocenters. The summed E-state index contributed by atoms with van der Waals surface area (Å²) in [5.41, 5.74) is 2.72. The van der Waals surface area contributed by atoms with E-state index in [0.29, 0.717) is 29.4 Å². The van der Waals surface area contributed by atoms with Crippen molar-refractivity contribution in [3.63, 3.8) is 0 Å². The maximum atomic E-state index is 14.1. The van der Waals surface area contributed by atoms with Gasteiger partial charge in [-0.2, -0.15) is 0 Å². The number of rotatable bonds is 5. The quantitative estimate of drug-likeness (QED) is 0.543. The van der Waals surface area contributed by atoms with Gasteiger partial charge in [0.25, 0.3) is 11.8 Å². The number of halogens is 1. The molecule has 3 aromatic rings. The number of hydrogen-bond acceptors (Lipinski definition) is 5. The fourth-order valence-electron chi connectivity index (χ4n) is 4.54. The summed E-state index contributed by atoms with van der Waals surface area (Å²) in [6.07, 6.45) is 0. The molecule has 0 saturated carbocycles. The maximum Gasteiger partial charge on any atom is 0.268 e. The molecule has 0 aromatic heterocycles. The van der Waals surface area contributed by atoms with Crippen LogP contribution in [0.25, 0.3) is 0 Å².